The number of nitrogens with zero attached hydrogens (tertiary/aromatic N) is 7. The molecule has 3 rings (SSSR count). The Morgan fingerprint density at radius 2 is 2.00 bits per heavy atom. The number of piperazine rings is 1. The molecule has 0 atom stereocenters. The summed E-state index contributed by atoms with van der Waals surface area (Å²) in [6, 6.07) is 5.17. The first-order valence-corrected chi connectivity index (χ1v) is 9.15. The van der Waals surface area contributed by atoms with Crippen molar-refractivity contribution in [2.24, 2.45) is 0 Å². The molecular formula is C18H23N9O. The van der Waals surface area contributed by atoms with Crippen LogP contribution in [-0.2, 0) is 6.42 Å². The van der Waals surface area contributed by atoms with Crippen molar-refractivity contribution in [1.82, 2.24) is 30.2 Å². The zero-order valence-corrected chi connectivity index (χ0v) is 16.0. The molecule has 0 bridgehead atoms. The number of nitriles is 1. The topological polar surface area (TPSA) is 123 Å². The van der Waals surface area contributed by atoms with Gasteiger partial charge in [0.05, 0.1) is 11.6 Å². The molecule has 2 N–H and O–H groups in total. The van der Waals surface area contributed by atoms with Crippen LogP contribution in [0.3, 0.4) is 0 Å². The number of rotatable bonds is 6. The maximum atomic E-state index is 11.8. The molecule has 0 spiro atoms. The maximum Gasteiger partial charge on any atom is 0.253 e. The van der Waals surface area contributed by atoms with Crippen molar-refractivity contribution in [3.8, 4) is 6.07 Å². The zero-order valence-electron chi connectivity index (χ0n) is 16.0. The number of carbonyl (C=O) groups excluding carboxylic acids is 1. The molecule has 10 nitrogen and oxygen atoms in total. The van der Waals surface area contributed by atoms with Gasteiger partial charge in [-0.2, -0.15) is 20.2 Å². The summed E-state index contributed by atoms with van der Waals surface area (Å²) < 4.78 is 0. The van der Waals surface area contributed by atoms with Gasteiger partial charge in [0.2, 0.25) is 11.9 Å². The fourth-order valence-electron chi connectivity index (χ4n) is 2.71. The Kier molecular flexibility index (Phi) is 6.29. The van der Waals surface area contributed by atoms with Crippen LogP contribution in [0.1, 0.15) is 23.1 Å². The van der Waals surface area contributed by atoms with E-state index in [4.69, 9.17) is 5.26 Å². The first kappa shape index (κ1) is 19.4. The number of hydrogen-bond acceptors (Lipinski definition) is 9. The van der Waals surface area contributed by atoms with Crippen LogP contribution in [0.15, 0.2) is 18.3 Å². The van der Waals surface area contributed by atoms with Gasteiger partial charge in [-0.1, -0.05) is 6.92 Å². The number of pyridine rings is 1. The Hall–Kier alpha value is -3.32. The van der Waals surface area contributed by atoms with Crippen LogP contribution >= 0.6 is 0 Å². The highest BCUT2D eigenvalue weighted by atomic mass is 16.1. The highest BCUT2D eigenvalue weighted by molar-refractivity contribution is 5.94. The first-order chi connectivity index (χ1) is 13.6. The minimum Gasteiger partial charge on any atom is -0.339 e. The molecule has 0 saturated carbocycles. The molecule has 146 valence electrons. The summed E-state index contributed by atoms with van der Waals surface area (Å²) in [6.45, 7) is 5.62. The Morgan fingerprint density at radius 1 is 1.21 bits per heavy atom. The highest BCUT2D eigenvalue weighted by Crippen LogP contribution is 2.16. The third-order valence-electron chi connectivity index (χ3n) is 4.37. The predicted octanol–water partition coefficient (Wildman–Crippen LogP) is 0.578. The monoisotopic (exact) mass is 381 g/mol. The van der Waals surface area contributed by atoms with Gasteiger partial charge in [0.15, 0.2) is 0 Å². The van der Waals surface area contributed by atoms with E-state index in [1.54, 1.807) is 12.1 Å². The van der Waals surface area contributed by atoms with Crippen molar-refractivity contribution in [3.63, 3.8) is 0 Å². The summed E-state index contributed by atoms with van der Waals surface area (Å²) in [5.41, 5.74) is 0.379. The molecule has 0 unspecified atom stereocenters. The highest BCUT2D eigenvalue weighted by Gasteiger charge is 2.18. The average Bonchev–Trinajstić information content (AvgIpc) is 2.72. The van der Waals surface area contributed by atoms with Crippen LogP contribution in [0.25, 0.3) is 0 Å². The Balaban J connectivity index is 1.73. The molecular weight excluding hydrogens is 358 g/mol. The quantitative estimate of drug-likeness (QED) is 0.692. The molecule has 1 fully saturated rings. The van der Waals surface area contributed by atoms with Gasteiger partial charge in [0.25, 0.3) is 5.91 Å². The molecule has 2 aromatic rings. The van der Waals surface area contributed by atoms with Crippen molar-refractivity contribution in [3.05, 3.63) is 29.7 Å². The minimum absolute atomic E-state index is 0.0431. The lowest BCUT2D eigenvalue weighted by atomic mass is 10.2. The van der Waals surface area contributed by atoms with Gasteiger partial charge >= 0.3 is 0 Å². The van der Waals surface area contributed by atoms with Gasteiger partial charge in [0.1, 0.15) is 18.2 Å². The van der Waals surface area contributed by atoms with Crippen LogP contribution in [0.2, 0.25) is 0 Å². The largest absolute Gasteiger partial charge is 0.339 e. The second kappa shape index (κ2) is 9.05. The minimum atomic E-state index is -0.341. The lowest BCUT2D eigenvalue weighted by molar-refractivity contribution is 0.0958. The van der Waals surface area contributed by atoms with Crippen molar-refractivity contribution >= 4 is 23.6 Å². The molecule has 28 heavy (non-hydrogen) atoms. The zero-order chi connectivity index (χ0) is 19.9. The van der Waals surface area contributed by atoms with Crippen LogP contribution < -0.4 is 15.5 Å². The molecule has 0 aromatic carbocycles. The summed E-state index contributed by atoms with van der Waals surface area (Å²) in [4.78, 5) is 34.0. The van der Waals surface area contributed by atoms with Crippen LogP contribution in [0.4, 0.5) is 17.7 Å². The second-order valence-electron chi connectivity index (χ2n) is 6.42. The molecule has 2 aromatic heterocycles. The number of aromatic nitrogens is 4. The number of aryl methyl sites for hydroxylation is 1. The summed E-state index contributed by atoms with van der Waals surface area (Å²) in [5, 5.41) is 14.1. The van der Waals surface area contributed by atoms with E-state index in [-0.39, 0.29) is 12.5 Å². The third kappa shape index (κ3) is 4.89. The number of anilines is 3. The number of carbonyl (C=O) groups is 1. The molecule has 1 aliphatic rings. The summed E-state index contributed by atoms with van der Waals surface area (Å²) in [7, 11) is 2.10. The van der Waals surface area contributed by atoms with Crippen molar-refractivity contribution in [2.45, 2.75) is 13.3 Å². The lowest BCUT2D eigenvalue weighted by Gasteiger charge is -2.32. The summed E-state index contributed by atoms with van der Waals surface area (Å²) in [5.74, 6) is 1.98. The van der Waals surface area contributed by atoms with Crippen LogP contribution in [-0.4, -0.2) is 70.5 Å². The summed E-state index contributed by atoms with van der Waals surface area (Å²) in [6.07, 6.45) is 2.14. The lowest BCUT2D eigenvalue weighted by Crippen LogP contribution is -2.45. The normalized spacial score (nSPS) is 14.4. The maximum absolute atomic E-state index is 11.8. The SMILES string of the molecule is CCc1nc(Nc2ccc(C(=O)NCC#N)cn2)nc(N2CCN(C)CC2)n1. The van der Waals surface area contributed by atoms with Gasteiger partial charge in [0, 0.05) is 38.8 Å². The third-order valence-corrected chi connectivity index (χ3v) is 4.37. The van der Waals surface area contributed by atoms with Gasteiger partial charge in [-0.05, 0) is 19.2 Å². The molecule has 3 heterocycles. The molecule has 1 aliphatic heterocycles. The predicted molar refractivity (Wildman–Crippen MR) is 104 cm³/mol. The Morgan fingerprint density at radius 3 is 2.64 bits per heavy atom. The van der Waals surface area contributed by atoms with E-state index in [2.05, 4.69) is 47.4 Å². The fourth-order valence-corrected chi connectivity index (χ4v) is 2.71. The van der Waals surface area contributed by atoms with Gasteiger partial charge in [-0.25, -0.2) is 4.98 Å². The molecule has 0 aliphatic carbocycles. The number of amides is 1. The number of likely N-dealkylation sites (N-methyl/N-ethyl adjacent to an activating group) is 1. The van der Waals surface area contributed by atoms with Crippen LogP contribution in [0, 0.1) is 11.3 Å². The van der Waals surface area contributed by atoms with Crippen LogP contribution in [0.5, 0.6) is 0 Å². The molecule has 0 radical (unpaired) electrons. The first-order valence-electron chi connectivity index (χ1n) is 9.15. The Bertz CT molecular complexity index is 854. The van der Waals surface area contributed by atoms with E-state index >= 15 is 0 Å². The molecule has 10 heteroatoms. The van der Waals surface area contributed by atoms with E-state index in [0.29, 0.717) is 35.5 Å². The van der Waals surface area contributed by atoms with E-state index in [9.17, 15) is 4.79 Å². The smallest absolute Gasteiger partial charge is 0.253 e. The van der Waals surface area contributed by atoms with Crippen molar-refractivity contribution in [1.29, 1.82) is 5.26 Å². The van der Waals surface area contributed by atoms with Crippen molar-refractivity contribution in [2.75, 3.05) is 50.0 Å². The molecule has 1 amide bonds. The van der Waals surface area contributed by atoms with E-state index in [1.807, 2.05) is 13.0 Å². The van der Waals surface area contributed by atoms with E-state index in [0.717, 1.165) is 26.2 Å². The van der Waals surface area contributed by atoms with Gasteiger partial charge in [-0.15, -0.1) is 0 Å². The van der Waals surface area contributed by atoms with Crippen molar-refractivity contribution < 1.29 is 4.79 Å². The average molecular weight is 381 g/mol. The molecule has 1 saturated heterocycles. The van der Waals surface area contributed by atoms with E-state index < -0.39 is 0 Å². The fraction of sp³-hybridized carbons (Fsp3) is 0.444. The van der Waals surface area contributed by atoms with E-state index in [1.165, 1.54) is 6.20 Å². The Labute approximate surface area is 163 Å². The standard InChI is InChI=1S/C18H23N9O/c1-3-14-22-17(25-18(24-14)27-10-8-26(2)9-11-27)23-15-5-4-13(12-21-15)16(28)20-7-6-19/h4-5,12H,3,7-11H2,1-2H3,(H,20,28)(H,21,22,23,24,25). The van der Waals surface area contributed by atoms with Gasteiger partial charge < -0.3 is 20.4 Å². The number of hydrogen-bond donors (Lipinski definition) is 2. The number of nitrogens with one attached hydrogen (secondary N) is 2. The van der Waals surface area contributed by atoms with Gasteiger partial charge in [-0.3, -0.25) is 4.79 Å². The second-order valence-corrected chi connectivity index (χ2v) is 6.42. The summed E-state index contributed by atoms with van der Waals surface area (Å²) >= 11 is 0.